The second-order valence-electron chi connectivity index (χ2n) is 8.12. The number of aromatic amines is 1. The van der Waals surface area contributed by atoms with Crippen molar-refractivity contribution in [2.75, 3.05) is 18.4 Å². The van der Waals surface area contributed by atoms with E-state index in [1.165, 1.54) is 6.92 Å². The van der Waals surface area contributed by atoms with E-state index in [1.54, 1.807) is 10.7 Å². The number of nitrogens with one attached hydrogen (secondary N) is 4. The molecule has 3 amide bonds. The van der Waals surface area contributed by atoms with Crippen LogP contribution in [0.3, 0.4) is 0 Å². The van der Waals surface area contributed by atoms with Gasteiger partial charge in [0.25, 0.3) is 0 Å². The topological polar surface area (TPSA) is 116 Å². The van der Waals surface area contributed by atoms with Crippen molar-refractivity contribution in [1.82, 2.24) is 30.4 Å². The normalized spacial score (nSPS) is 11.5. The summed E-state index contributed by atoms with van der Waals surface area (Å²) in [6.45, 7) is 10.3. The number of hydrogen-bond acceptors (Lipinski definition) is 4. The minimum atomic E-state index is -0.345. The van der Waals surface area contributed by atoms with Crippen molar-refractivity contribution in [3.8, 4) is 11.4 Å². The molecule has 3 rings (SSSR count). The molecule has 2 heterocycles. The molecule has 0 radical (unpaired) electrons. The van der Waals surface area contributed by atoms with Crippen molar-refractivity contribution in [2.45, 2.75) is 40.0 Å². The quantitative estimate of drug-likeness (QED) is 0.464. The van der Waals surface area contributed by atoms with Gasteiger partial charge in [-0.1, -0.05) is 32.4 Å². The van der Waals surface area contributed by atoms with Gasteiger partial charge in [-0.05, 0) is 30.7 Å². The molecule has 0 aliphatic rings. The lowest BCUT2D eigenvalue weighted by Crippen LogP contribution is -2.36. The van der Waals surface area contributed by atoms with Crippen molar-refractivity contribution in [3.63, 3.8) is 0 Å². The van der Waals surface area contributed by atoms with Gasteiger partial charge in [0.1, 0.15) is 5.02 Å². The molecule has 0 fully saturated rings. The molecule has 1 aromatic carbocycles. The van der Waals surface area contributed by atoms with Gasteiger partial charge in [-0.2, -0.15) is 4.63 Å². The second-order valence-corrected chi connectivity index (χ2v) is 8.49. The Morgan fingerprint density at radius 2 is 1.90 bits per heavy atom. The molecule has 160 valence electrons. The number of nitrogens with zero attached hydrogens (tertiary/aromatic N) is 3. The molecule has 0 saturated heterocycles. The Kier molecular flexibility index (Phi) is 6.02. The molecule has 0 atom stereocenters. The fourth-order valence-electron chi connectivity index (χ4n) is 2.99. The highest BCUT2D eigenvalue weighted by molar-refractivity contribution is 6.34. The molecule has 10 heteroatoms. The Hall–Kier alpha value is -3.07. The van der Waals surface area contributed by atoms with Crippen LogP contribution in [0.1, 0.15) is 39.0 Å². The minimum absolute atomic E-state index is 0.135. The average molecular weight is 432 g/mol. The summed E-state index contributed by atoms with van der Waals surface area (Å²) in [5, 5.41) is 16.4. The van der Waals surface area contributed by atoms with Gasteiger partial charge in [-0.3, -0.25) is 9.89 Å². The fourth-order valence-corrected chi connectivity index (χ4v) is 3.44. The van der Waals surface area contributed by atoms with E-state index < -0.39 is 0 Å². The number of urea groups is 1. The number of H-pyrrole nitrogens is 1. The summed E-state index contributed by atoms with van der Waals surface area (Å²) in [5.41, 5.74) is 3.71. The lowest BCUT2D eigenvalue weighted by molar-refractivity contribution is -0.118. The van der Waals surface area contributed by atoms with Gasteiger partial charge < -0.3 is 16.0 Å². The largest absolute Gasteiger partial charge is 0.355 e. The zero-order valence-corrected chi connectivity index (χ0v) is 18.4. The summed E-state index contributed by atoms with van der Waals surface area (Å²) in [7, 11) is 0. The summed E-state index contributed by atoms with van der Waals surface area (Å²) in [4.78, 5) is 27.4. The summed E-state index contributed by atoms with van der Waals surface area (Å²) in [6.07, 6.45) is 0. The van der Waals surface area contributed by atoms with Crippen molar-refractivity contribution < 1.29 is 9.59 Å². The minimum Gasteiger partial charge on any atom is -0.355 e. The number of carbonyl (C=O) groups excluding carboxylic acids is 2. The first kappa shape index (κ1) is 21.6. The van der Waals surface area contributed by atoms with E-state index in [-0.39, 0.29) is 17.4 Å². The van der Waals surface area contributed by atoms with E-state index in [1.807, 2.05) is 19.1 Å². The molecular weight excluding hydrogens is 406 g/mol. The zero-order valence-electron chi connectivity index (χ0n) is 17.7. The summed E-state index contributed by atoms with van der Waals surface area (Å²) in [6, 6.07) is 5.14. The Morgan fingerprint density at radius 1 is 1.20 bits per heavy atom. The standard InChI is InChI=1S/C20H26ClN7O2/c1-11-10-13(24-19(30)23-9-8-22-12(2)29)6-7-14(11)17-25-18-15(21)16(20(3,4)5)26-28(18)27-17/h6-7,10,26H,8-9H2,1-5H3,(H,22,29)(H2,23,24,30). The van der Waals surface area contributed by atoms with Crippen LogP contribution in [0.5, 0.6) is 0 Å². The van der Waals surface area contributed by atoms with Gasteiger partial charge in [0, 0.05) is 36.7 Å². The number of hydrogen-bond donors (Lipinski definition) is 4. The third-order valence-corrected chi connectivity index (χ3v) is 4.86. The van der Waals surface area contributed by atoms with Crippen molar-refractivity contribution in [1.29, 1.82) is 0 Å². The van der Waals surface area contributed by atoms with Gasteiger partial charge in [0.15, 0.2) is 11.5 Å². The maximum absolute atomic E-state index is 12.0. The monoisotopic (exact) mass is 431 g/mol. The third kappa shape index (κ3) is 4.73. The predicted octanol–water partition coefficient (Wildman–Crippen LogP) is 3.24. The Balaban J connectivity index is 1.72. The first-order valence-electron chi connectivity index (χ1n) is 9.61. The van der Waals surface area contributed by atoms with E-state index >= 15 is 0 Å². The van der Waals surface area contributed by atoms with Crippen molar-refractivity contribution >= 4 is 34.9 Å². The van der Waals surface area contributed by atoms with E-state index in [4.69, 9.17) is 11.6 Å². The smallest absolute Gasteiger partial charge is 0.319 e. The molecule has 3 aromatic rings. The van der Waals surface area contributed by atoms with Crippen LogP contribution in [0.2, 0.25) is 5.02 Å². The molecule has 0 unspecified atom stereocenters. The van der Waals surface area contributed by atoms with E-state index in [9.17, 15) is 9.59 Å². The molecule has 0 aliphatic carbocycles. The molecule has 0 aliphatic heterocycles. The summed E-state index contributed by atoms with van der Waals surface area (Å²) < 4.78 is 1.59. The molecule has 30 heavy (non-hydrogen) atoms. The number of amides is 3. The van der Waals surface area contributed by atoms with E-state index in [0.717, 1.165) is 16.8 Å². The van der Waals surface area contributed by atoms with Crippen LogP contribution < -0.4 is 16.0 Å². The van der Waals surface area contributed by atoms with Gasteiger partial charge in [0.05, 0.1) is 5.69 Å². The Labute approximate surface area is 179 Å². The highest BCUT2D eigenvalue weighted by Gasteiger charge is 2.24. The second kappa shape index (κ2) is 8.35. The SMILES string of the molecule is CC(=O)NCCNC(=O)Nc1ccc(-c2nc3c(Cl)c(C(C)(C)C)[nH]n3n2)c(C)c1. The maximum atomic E-state index is 12.0. The fraction of sp³-hybridized carbons (Fsp3) is 0.400. The number of anilines is 1. The number of aryl methyl sites for hydroxylation is 1. The average Bonchev–Trinajstić information content (AvgIpc) is 3.18. The summed E-state index contributed by atoms with van der Waals surface area (Å²) in [5.74, 6) is 0.413. The van der Waals surface area contributed by atoms with Crippen LogP contribution in [0.15, 0.2) is 18.2 Å². The van der Waals surface area contributed by atoms with Crippen LogP contribution in [0, 0.1) is 6.92 Å². The van der Waals surface area contributed by atoms with Crippen molar-refractivity contribution in [2.24, 2.45) is 0 Å². The van der Waals surface area contributed by atoms with Crippen LogP contribution >= 0.6 is 11.6 Å². The molecule has 9 nitrogen and oxygen atoms in total. The van der Waals surface area contributed by atoms with Crippen LogP contribution in [-0.2, 0) is 10.2 Å². The van der Waals surface area contributed by atoms with Crippen LogP contribution in [0.4, 0.5) is 10.5 Å². The highest BCUT2D eigenvalue weighted by Crippen LogP contribution is 2.32. The highest BCUT2D eigenvalue weighted by atomic mass is 35.5. The van der Waals surface area contributed by atoms with Gasteiger partial charge in [-0.15, -0.1) is 5.10 Å². The first-order chi connectivity index (χ1) is 14.1. The number of aromatic nitrogens is 4. The molecule has 0 spiro atoms. The van der Waals surface area contributed by atoms with Gasteiger partial charge in [0.2, 0.25) is 5.91 Å². The lowest BCUT2D eigenvalue weighted by Gasteiger charge is -2.16. The molecule has 0 saturated carbocycles. The Morgan fingerprint density at radius 3 is 2.50 bits per heavy atom. The number of halogens is 1. The molecular formula is C20H26ClN7O2. The summed E-state index contributed by atoms with van der Waals surface area (Å²) >= 11 is 6.50. The number of carbonyl (C=O) groups is 2. The van der Waals surface area contributed by atoms with E-state index in [0.29, 0.717) is 35.3 Å². The lowest BCUT2D eigenvalue weighted by atomic mass is 9.92. The number of fused-ring (bicyclic) bond motifs is 1. The third-order valence-electron chi connectivity index (χ3n) is 4.50. The van der Waals surface area contributed by atoms with Gasteiger partial charge in [-0.25, -0.2) is 9.78 Å². The number of rotatable bonds is 5. The Bertz CT molecular complexity index is 1090. The molecule has 4 N–H and O–H groups in total. The maximum Gasteiger partial charge on any atom is 0.319 e. The van der Waals surface area contributed by atoms with Gasteiger partial charge >= 0.3 is 6.03 Å². The van der Waals surface area contributed by atoms with Crippen LogP contribution in [0.25, 0.3) is 17.0 Å². The first-order valence-corrected chi connectivity index (χ1v) is 9.99. The molecule has 2 aromatic heterocycles. The number of benzene rings is 1. The molecule has 0 bridgehead atoms. The van der Waals surface area contributed by atoms with E-state index in [2.05, 4.69) is 51.9 Å². The zero-order chi connectivity index (χ0) is 22.1. The van der Waals surface area contributed by atoms with Crippen LogP contribution in [-0.4, -0.2) is 44.8 Å². The predicted molar refractivity (Wildman–Crippen MR) is 117 cm³/mol. The van der Waals surface area contributed by atoms with Crippen molar-refractivity contribution in [3.05, 3.63) is 34.5 Å².